The number of carbonyl (C=O) groups excluding carboxylic acids is 1. The average Bonchev–Trinajstić information content (AvgIpc) is 2.40. The van der Waals surface area contributed by atoms with E-state index in [0.717, 1.165) is 12.0 Å². The molecule has 0 bridgehead atoms. The first kappa shape index (κ1) is 12.1. The number of carbonyl (C=O) groups is 1. The molecule has 0 aliphatic carbocycles. The van der Waals surface area contributed by atoms with Crippen molar-refractivity contribution < 1.29 is 9.53 Å². The van der Waals surface area contributed by atoms with Crippen LogP contribution in [0.1, 0.15) is 15.9 Å². The average molecular weight is 234 g/mol. The van der Waals surface area contributed by atoms with Crippen molar-refractivity contribution in [3.05, 3.63) is 35.4 Å². The molecule has 1 heterocycles. The van der Waals surface area contributed by atoms with Crippen LogP contribution in [-0.2, 0) is 11.2 Å². The second-order valence-electron chi connectivity index (χ2n) is 4.14. The highest BCUT2D eigenvalue weighted by Gasteiger charge is 2.17. The molecule has 1 amide bonds. The monoisotopic (exact) mass is 234 g/mol. The molecular formula is C13H18N2O2. The van der Waals surface area contributed by atoms with Gasteiger partial charge in [-0.05, 0) is 30.7 Å². The predicted molar refractivity (Wildman–Crippen MR) is 65.9 cm³/mol. The molecule has 1 fully saturated rings. The molecule has 0 saturated carbocycles. The summed E-state index contributed by atoms with van der Waals surface area (Å²) in [5.41, 5.74) is 7.40. The van der Waals surface area contributed by atoms with Crippen molar-refractivity contribution in [2.75, 3.05) is 32.8 Å². The van der Waals surface area contributed by atoms with E-state index < -0.39 is 0 Å². The minimum absolute atomic E-state index is 0.0904. The van der Waals surface area contributed by atoms with Crippen LogP contribution >= 0.6 is 0 Å². The molecule has 4 nitrogen and oxygen atoms in total. The highest BCUT2D eigenvalue weighted by atomic mass is 16.5. The van der Waals surface area contributed by atoms with Crippen molar-refractivity contribution in [1.29, 1.82) is 0 Å². The lowest BCUT2D eigenvalue weighted by atomic mass is 10.1. The van der Waals surface area contributed by atoms with Crippen molar-refractivity contribution in [3.63, 3.8) is 0 Å². The Bertz CT molecular complexity index is 370. The quantitative estimate of drug-likeness (QED) is 0.836. The lowest BCUT2D eigenvalue weighted by molar-refractivity contribution is 0.0303. The van der Waals surface area contributed by atoms with Crippen LogP contribution in [0.15, 0.2) is 24.3 Å². The summed E-state index contributed by atoms with van der Waals surface area (Å²) in [6.07, 6.45) is 0.853. The first-order valence-electron chi connectivity index (χ1n) is 5.97. The predicted octanol–water partition coefficient (Wildman–Crippen LogP) is 0.660. The SMILES string of the molecule is NCCc1ccc(C(=O)N2CCOCC2)cc1. The van der Waals surface area contributed by atoms with E-state index in [1.54, 1.807) is 0 Å². The summed E-state index contributed by atoms with van der Waals surface area (Å²) in [7, 11) is 0. The van der Waals surface area contributed by atoms with Crippen molar-refractivity contribution in [3.8, 4) is 0 Å². The van der Waals surface area contributed by atoms with E-state index in [4.69, 9.17) is 10.5 Å². The molecule has 0 spiro atoms. The van der Waals surface area contributed by atoms with Crippen molar-refractivity contribution in [2.24, 2.45) is 5.73 Å². The Balaban J connectivity index is 2.03. The van der Waals surface area contributed by atoms with Crippen LogP contribution < -0.4 is 5.73 Å². The molecule has 0 unspecified atom stereocenters. The second kappa shape index (κ2) is 5.80. The van der Waals surface area contributed by atoms with E-state index in [1.165, 1.54) is 5.56 Å². The number of nitrogens with two attached hydrogens (primary N) is 1. The lowest BCUT2D eigenvalue weighted by Gasteiger charge is -2.26. The molecule has 1 aliphatic rings. The van der Waals surface area contributed by atoms with E-state index in [0.29, 0.717) is 32.8 Å². The Morgan fingerprint density at radius 2 is 1.88 bits per heavy atom. The fraction of sp³-hybridized carbons (Fsp3) is 0.462. The molecule has 1 aromatic carbocycles. The number of rotatable bonds is 3. The molecular weight excluding hydrogens is 216 g/mol. The Hall–Kier alpha value is -1.39. The Kier molecular flexibility index (Phi) is 4.12. The van der Waals surface area contributed by atoms with Gasteiger partial charge in [0.15, 0.2) is 0 Å². The van der Waals surface area contributed by atoms with Gasteiger partial charge in [0.2, 0.25) is 0 Å². The van der Waals surface area contributed by atoms with Gasteiger partial charge in [0.05, 0.1) is 13.2 Å². The third-order valence-electron chi connectivity index (χ3n) is 2.93. The van der Waals surface area contributed by atoms with E-state index >= 15 is 0 Å². The minimum Gasteiger partial charge on any atom is -0.378 e. The normalized spacial score (nSPS) is 15.9. The van der Waals surface area contributed by atoms with Gasteiger partial charge in [-0.25, -0.2) is 0 Å². The van der Waals surface area contributed by atoms with Gasteiger partial charge in [-0.3, -0.25) is 4.79 Å². The Morgan fingerprint density at radius 1 is 1.24 bits per heavy atom. The molecule has 2 rings (SSSR count). The van der Waals surface area contributed by atoms with Crippen LogP contribution in [0.25, 0.3) is 0 Å². The topological polar surface area (TPSA) is 55.6 Å². The van der Waals surface area contributed by atoms with Crippen LogP contribution in [-0.4, -0.2) is 43.7 Å². The maximum Gasteiger partial charge on any atom is 0.254 e. The van der Waals surface area contributed by atoms with Gasteiger partial charge in [-0.2, -0.15) is 0 Å². The van der Waals surface area contributed by atoms with Gasteiger partial charge in [-0.15, -0.1) is 0 Å². The van der Waals surface area contributed by atoms with Crippen LogP contribution in [0.3, 0.4) is 0 Å². The summed E-state index contributed by atoms with van der Waals surface area (Å²) >= 11 is 0. The summed E-state index contributed by atoms with van der Waals surface area (Å²) in [6, 6.07) is 7.70. The third kappa shape index (κ3) is 3.05. The molecule has 1 aromatic rings. The summed E-state index contributed by atoms with van der Waals surface area (Å²) in [4.78, 5) is 13.9. The maximum absolute atomic E-state index is 12.1. The van der Waals surface area contributed by atoms with Gasteiger partial charge in [0.1, 0.15) is 0 Å². The number of nitrogens with zero attached hydrogens (tertiary/aromatic N) is 1. The molecule has 0 atom stereocenters. The number of benzene rings is 1. The molecule has 1 aliphatic heterocycles. The Labute approximate surface area is 101 Å². The Morgan fingerprint density at radius 3 is 2.47 bits per heavy atom. The molecule has 0 radical (unpaired) electrons. The zero-order valence-corrected chi connectivity index (χ0v) is 9.89. The number of hydrogen-bond donors (Lipinski definition) is 1. The van der Waals surface area contributed by atoms with Crippen LogP contribution in [0, 0.1) is 0 Å². The van der Waals surface area contributed by atoms with Crippen LogP contribution in [0.4, 0.5) is 0 Å². The van der Waals surface area contributed by atoms with Crippen LogP contribution in [0.2, 0.25) is 0 Å². The second-order valence-corrected chi connectivity index (χ2v) is 4.14. The smallest absolute Gasteiger partial charge is 0.254 e. The largest absolute Gasteiger partial charge is 0.378 e. The standard InChI is InChI=1S/C13H18N2O2/c14-6-5-11-1-3-12(4-2-11)13(16)15-7-9-17-10-8-15/h1-4H,5-10,14H2. The first-order valence-corrected chi connectivity index (χ1v) is 5.97. The van der Waals surface area contributed by atoms with Gasteiger partial charge in [0, 0.05) is 18.7 Å². The highest BCUT2D eigenvalue weighted by Crippen LogP contribution is 2.09. The highest BCUT2D eigenvalue weighted by molar-refractivity contribution is 5.94. The maximum atomic E-state index is 12.1. The fourth-order valence-electron chi connectivity index (χ4n) is 1.93. The van der Waals surface area contributed by atoms with Gasteiger partial charge in [-0.1, -0.05) is 12.1 Å². The van der Waals surface area contributed by atoms with Gasteiger partial charge in [0.25, 0.3) is 5.91 Å². The van der Waals surface area contributed by atoms with Crippen LogP contribution in [0.5, 0.6) is 0 Å². The van der Waals surface area contributed by atoms with Crippen molar-refractivity contribution >= 4 is 5.91 Å². The molecule has 92 valence electrons. The number of amides is 1. The van der Waals surface area contributed by atoms with E-state index in [2.05, 4.69) is 0 Å². The van der Waals surface area contributed by atoms with Crippen molar-refractivity contribution in [1.82, 2.24) is 4.90 Å². The zero-order valence-electron chi connectivity index (χ0n) is 9.89. The first-order chi connectivity index (χ1) is 8.31. The molecule has 1 saturated heterocycles. The van der Waals surface area contributed by atoms with Gasteiger partial charge < -0.3 is 15.4 Å². The molecule has 17 heavy (non-hydrogen) atoms. The van der Waals surface area contributed by atoms with E-state index in [9.17, 15) is 4.79 Å². The lowest BCUT2D eigenvalue weighted by Crippen LogP contribution is -2.40. The molecule has 2 N–H and O–H groups in total. The van der Waals surface area contributed by atoms with Crippen molar-refractivity contribution in [2.45, 2.75) is 6.42 Å². The third-order valence-corrected chi connectivity index (χ3v) is 2.93. The minimum atomic E-state index is 0.0904. The fourth-order valence-corrected chi connectivity index (χ4v) is 1.93. The van der Waals surface area contributed by atoms with E-state index in [-0.39, 0.29) is 5.91 Å². The number of morpholine rings is 1. The summed E-state index contributed by atoms with van der Waals surface area (Å²) < 4.78 is 5.23. The zero-order chi connectivity index (χ0) is 12.1. The summed E-state index contributed by atoms with van der Waals surface area (Å²) in [5, 5.41) is 0. The number of ether oxygens (including phenoxy) is 1. The summed E-state index contributed by atoms with van der Waals surface area (Å²) in [6.45, 7) is 3.28. The van der Waals surface area contributed by atoms with E-state index in [1.807, 2.05) is 29.2 Å². The molecule has 4 heteroatoms. The summed E-state index contributed by atoms with van der Waals surface area (Å²) in [5.74, 6) is 0.0904. The van der Waals surface area contributed by atoms with Gasteiger partial charge >= 0.3 is 0 Å². The number of hydrogen-bond acceptors (Lipinski definition) is 3. The molecule has 0 aromatic heterocycles.